The summed E-state index contributed by atoms with van der Waals surface area (Å²) in [6.45, 7) is 11.7. The van der Waals surface area contributed by atoms with Crippen LogP contribution in [0.5, 0.6) is 0 Å². The normalized spacial score (nSPS) is 19.1. The van der Waals surface area contributed by atoms with E-state index in [0.29, 0.717) is 18.2 Å². The molecule has 2 heterocycles. The maximum atomic E-state index is 12.3. The number of aromatic nitrogens is 1. The number of amides is 2. The van der Waals surface area contributed by atoms with E-state index in [1.54, 1.807) is 0 Å². The van der Waals surface area contributed by atoms with Crippen LogP contribution < -0.4 is 10.6 Å². The van der Waals surface area contributed by atoms with Crippen LogP contribution >= 0.6 is 11.3 Å². The van der Waals surface area contributed by atoms with Crippen molar-refractivity contribution in [1.82, 2.24) is 15.2 Å². The Labute approximate surface area is 148 Å². The number of hydrogen-bond acceptors (Lipinski definition) is 5. The molecule has 2 amide bonds. The van der Waals surface area contributed by atoms with Gasteiger partial charge in [0.25, 0.3) is 0 Å². The van der Waals surface area contributed by atoms with Crippen LogP contribution in [0.25, 0.3) is 0 Å². The molecule has 134 valence electrons. The van der Waals surface area contributed by atoms with Crippen molar-refractivity contribution in [2.75, 3.05) is 25.0 Å². The summed E-state index contributed by atoms with van der Waals surface area (Å²) in [6, 6.07) is 0. The zero-order chi connectivity index (χ0) is 17.9. The Balaban J connectivity index is 1.85. The first-order valence-corrected chi connectivity index (χ1v) is 9.24. The molecule has 1 atom stereocenters. The van der Waals surface area contributed by atoms with Crippen LogP contribution in [0.3, 0.4) is 0 Å². The molecule has 24 heavy (non-hydrogen) atoms. The fourth-order valence-electron chi connectivity index (χ4n) is 2.77. The van der Waals surface area contributed by atoms with E-state index in [0.717, 1.165) is 30.0 Å². The maximum absolute atomic E-state index is 12.3. The molecule has 0 bridgehead atoms. The number of thiazole rings is 1. The van der Waals surface area contributed by atoms with Crippen LogP contribution in [0.15, 0.2) is 0 Å². The molecule has 6 nitrogen and oxygen atoms in total. The Morgan fingerprint density at radius 2 is 2.04 bits per heavy atom. The molecule has 2 N–H and O–H groups in total. The molecular weight excluding hydrogens is 324 g/mol. The number of anilines is 1. The Kier molecular flexibility index (Phi) is 5.98. The molecule has 7 heteroatoms. The largest absolute Gasteiger partial charge is 0.351 e. The van der Waals surface area contributed by atoms with Gasteiger partial charge in [0.2, 0.25) is 11.8 Å². The van der Waals surface area contributed by atoms with Crippen LogP contribution in [-0.4, -0.2) is 46.9 Å². The maximum Gasteiger partial charge on any atom is 0.240 e. The van der Waals surface area contributed by atoms with Crippen molar-refractivity contribution < 1.29 is 9.59 Å². The van der Waals surface area contributed by atoms with Gasteiger partial charge in [-0.3, -0.25) is 14.5 Å². The van der Waals surface area contributed by atoms with Gasteiger partial charge >= 0.3 is 0 Å². The van der Waals surface area contributed by atoms with E-state index in [4.69, 9.17) is 0 Å². The average Bonchev–Trinajstić information content (AvgIpc) is 2.75. The molecule has 1 unspecified atom stereocenters. The predicted octanol–water partition coefficient (Wildman–Crippen LogP) is 2.33. The van der Waals surface area contributed by atoms with Crippen molar-refractivity contribution in [3.8, 4) is 0 Å². The van der Waals surface area contributed by atoms with Crippen LogP contribution in [0.2, 0.25) is 0 Å². The highest BCUT2D eigenvalue weighted by Gasteiger charge is 2.28. The number of likely N-dealkylation sites (tertiary alicyclic amines) is 1. The molecule has 1 aliphatic heterocycles. The number of nitrogens with one attached hydrogen (secondary N) is 2. The molecule has 0 saturated carbocycles. The summed E-state index contributed by atoms with van der Waals surface area (Å²) >= 11 is 1.49. The van der Waals surface area contributed by atoms with Crippen LogP contribution in [-0.2, 0) is 9.59 Å². The van der Waals surface area contributed by atoms with Gasteiger partial charge in [-0.05, 0) is 54.0 Å². The lowest BCUT2D eigenvalue weighted by Crippen LogP contribution is -2.49. The predicted molar refractivity (Wildman–Crippen MR) is 97.3 cm³/mol. The number of carbonyl (C=O) groups excluding carboxylic acids is 2. The van der Waals surface area contributed by atoms with Crippen molar-refractivity contribution in [3.63, 3.8) is 0 Å². The van der Waals surface area contributed by atoms with E-state index in [1.807, 2.05) is 34.6 Å². The number of nitrogens with zero attached hydrogens (tertiary/aromatic N) is 2. The summed E-state index contributed by atoms with van der Waals surface area (Å²) in [6.07, 6.45) is 1.82. The topological polar surface area (TPSA) is 74.3 Å². The first kappa shape index (κ1) is 18.9. The summed E-state index contributed by atoms with van der Waals surface area (Å²) in [5, 5.41) is 6.54. The molecule has 1 aromatic rings. The summed E-state index contributed by atoms with van der Waals surface area (Å²) in [5.41, 5.74) is 0.726. The summed E-state index contributed by atoms with van der Waals surface area (Å²) in [5.74, 6) is -0.0328. The van der Waals surface area contributed by atoms with Gasteiger partial charge in [0, 0.05) is 17.0 Å². The lowest BCUT2D eigenvalue weighted by molar-refractivity contribution is -0.129. The molecule has 0 aromatic carbocycles. The van der Waals surface area contributed by atoms with E-state index in [2.05, 4.69) is 20.5 Å². The standard InChI is InChI=1S/C17H28N4O2S/c1-11-12(2)24-16(18-11)19-14(22)10-21-8-6-7-13(9-21)15(23)20-17(3,4)5/h13H,6-10H2,1-5H3,(H,20,23)(H,18,19,22). The average molecular weight is 353 g/mol. The molecule has 0 spiro atoms. The van der Waals surface area contributed by atoms with Crippen molar-refractivity contribution in [2.45, 2.75) is 53.0 Å². The van der Waals surface area contributed by atoms with Gasteiger partial charge in [-0.2, -0.15) is 0 Å². The van der Waals surface area contributed by atoms with E-state index < -0.39 is 0 Å². The Bertz CT molecular complexity index is 587. The van der Waals surface area contributed by atoms with Crippen molar-refractivity contribution in [2.24, 2.45) is 5.92 Å². The quantitative estimate of drug-likeness (QED) is 0.872. The molecule has 1 fully saturated rings. The lowest BCUT2D eigenvalue weighted by atomic mass is 9.95. The van der Waals surface area contributed by atoms with E-state index in [9.17, 15) is 9.59 Å². The van der Waals surface area contributed by atoms with Crippen molar-refractivity contribution in [1.29, 1.82) is 0 Å². The molecule has 1 saturated heterocycles. The lowest BCUT2D eigenvalue weighted by Gasteiger charge is -2.33. The van der Waals surface area contributed by atoms with Gasteiger partial charge in [0.1, 0.15) is 0 Å². The number of carbonyl (C=O) groups is 2. The summed E-state index contributed by atoms with van der Waals surface area (Å²) in [7, 11) is 0. The third-order valence-corrected chi connectivity index (χ3v) is 5.00. The first-order valence-electron chi connectivity index (χ1n) is 8.42. The van der Waals surface area contributed by atoms with Crippen molar-refractivity contribution >= 4 is 28.3 Å². The molecule has 1 aromatic heterocycles. The van der Waals surface area contributed by atoms with Crippen LogP contribution in [0.1, 0.15) is 44.2 Å². The minimum Gasteiger partial charge on any atom is -0.351 e. The van der Waals surface area contributed by atoms with Gasteiger partial charge in [0.15, 0.2) is 5.13 Å². The Morgan fingerprint density at radius 3 is 2.62 bits per heavy atom. The van der Waals surface area contributed by atoms with E-state index in [1.165, 1.54) is 11.3 Å². The first-order chi connectivity index (χ1) is 11.1. The van der Waals surface area contributed by atoms with E-state index in [-0.39, 0.29) is 23.3 Å². The van der Waals surface area contributed by atoms with Gasteiger partial charge < -0.3 is 10.6 Å². The Hall–Kier alpha value is -1.47. The summed E-state index contributed by atoms with van der Waals surface area (Å²) < 4.78 is 0. The number of piperidine rings is 1. The summed E-state index contributed by atoms with van der Waals surface area (Å²) in [4.78, 5) is 32.0. The second kappa shape index (κ2) is 7.61. The minimum absolute atomic E-state index is 0.0462. The number of aryl methyl sites for hydroxylation is 2. The van der Waals surface area contributed by atoms with E-state index >= 15 is 0 Å². The highest BCUT2D eigenvalue weighted by atomic mass is 32.1. The van der Waals surface area contributed by atoms with Gasteiger partial charge in [0.05, 0.1) is 18.2 Å². The monoisotopic (exact) mass is 352 g/mol. The highest BCUT2D eigenvalue weighted by Crippen LogP contribution is 2.21. The molecule has 1 aliphatic rings. The highest BCUT2D eigenvalue weighted by molar-refractivity contribution is 7.15. The third kappa shape index (κ3) is 5.56. The third-order valence-electron chi connectivity index (χ3n) is 4.02. The zero-order valence-corrected chi connectivity index (χ0v) is 16.0. The second-order valence-electron chi connectivity index (χ2n) is 7.52. The minimum atomic E-state index is -0.225. The zero-order valence-electron chi connectivity index (χ0n) is 15.2. The molecule has 2 rings (SSSR count). The van der Waals surface area contributed by atoms with Crippen LogP contribution in [0.4, 0.5) is 5.13 Å². The van der Waals surface area contributed by atoms with Crippen molar-refractivity contribution in [3.05, 3.63) is 10.6 Å². The van der Waals surface area contributed by atoms with Gasteiger partial charge in [-0.1, -0.05) is 0 Å². The Morgan fingerprint density at radius 1 is 1.33 bits per heavy atom. The molecule has 0 aliphatic carbocycles. The van der Waals surface area contributed by atoms with Gasteiger partial charge in [-0.25, -0.2) is 4.98 Å². The smallest absolute Gasteiger partial charge is 0.240 e. The number of hydrogen-bond donors (Lipinski definition) is 2. The van der Waals surface area contributed by atoms with Gasteiger partial charge in [-0.15, -0.1) is 11.3 Å². The second-order valence-corrected chi connectivity index (χ2v) is 8.73. The number of rotatable bonds is 4. The SMILES string of the molecule is Cc1nc(NC(=O)CN2CCCC(C(=O)NC(C)(C)C)C2)sc1C. The molecular formula is C17H28N4O2S. The van der Waals surface area contributed by atoms with Crippen LogP contribution in [0, 0.1) is 19.8 Å². The fourth-order valence-corrected chi connectivity index (χ4v) is 3.60. The fraction of sp³-hybridized carbons (Fsp3) is 0.706. The molecule has 0 radical (unpaired) electrons.